The molecule has 0 bridgehead atoms. The van der Waals surface area contributed by atoms with Gasteiger partial charge in [0.25, 0.3) is 5.91 Å². The normalized spacial score (nSPS) is 24.0. The van der Waals surface area contributed by atoms with Gasteiger partial charge in [0.1, 0.15) is 5.41 Å². The number of nitrogens with zero attached hydrogens (tertiary/aromatic N) is 1. The van der Waals surface area contributed by atoms with Crippen LogP contribution in [0.4, 0.5) is 0 Å². The van der Waals surface area contributed by atoms with Crippen LogP contribution in [0.15, 0.2) is 24.3 Å². The lowest BCUT2D eigenvalue weighted by Gasteiger charge is -2.35. The molecule has 26 heavy (non-hydrogen) atoms. The number of carboxylic acid groups (broad SMARTS) is 1. The molecule has 2 aliphatic rings. The van der Waals surface area contributed by atoms with Crippen molar-refractivity contribution >= 4 is 17.8 Å². The lowest BCUT2D eigenvalue weighted by Crippen LogP contribution is -2.48. The van der Waals surface area contributed by atoms with Crippen LogP contribution in [0, 0.1) is 5.41 Å². The fourth-order valence-electron chi connectivity index (χ4n) is 3.31. The Balaban J connectivity index is 1.57. The van der Waals surface area contributed by atoms with Gasteiger partial charge < -0.3 is 20.1 Å². The zero-order valence-corrected chi connectivity index (χ0v) is 15.0. The first-order chi connectivity index (χ1) is 12.3. The van der Waals surface area contributed by atoms with Gasteiger partial charge in [-0.05, 0) is 44.4 Å². The second-order valence-electron chi connectivity index (χ2n) is 7.23. The molecule has 1 aromatic rings. The summed E-state index contributed by atoms with van der Waals surface area (Å²) in [5.41, 5.74) is 0.171. The molecule has 2 fully saturated rings. The first-order valence-corrected chi connectivity index (χ1v) is 8.87. The van der Waals surface area contributed by atoms with Gasteiger partial charge in [-0.25, -0.2) is 0 Å². The monoisotopic (exact) mass is 360 g/mol. The van der Waals surface area contributed by atoms with Crippen molar-refractivity contribution in [1.82, 2.24) is 10.2 Å². The van der Waals surface area contributed by atoms with E-state index in [1.165, 1.54) is 0 Å². The van der Waals surface area contributed by atoms with E-state index in [0.29, 0.717) is 31.5 Å². The van der Waals surface area contributed by atoms with Gasteiger partial charge in [-0.3, -0.25) is 14.4 Å². The molecule has 1 aliphatic carbocycles. The molecule has 7 nitrogen and oxygen atoms in total. The maximum Gasteiger partial charge on any atom is 0.319 e. The van der Waals surface area contributed by atoms with Crippen molar-refractivity contribution in [2.45, 2.75) is 45.4 Å². The minimum Gasteiger partial charge on any atom is -0.480 e. The Morgan fingerprint density at radius 2 is 1.73 bits per heavy atom. The Hall–Kier alpha value is -2.41. The van der Waals surface area contributed by atoms with Crippen LogP contribution < -0.4 is 5.32 Å². The van der Waals surface area contributed by atoms with E-state index < -0.39 is 17.3 Å². The molecule has 1 aromatic carbocycles. The summed E-state index contributed by atoms with van der Waals surface area (Å²) in [5, 5.41) is 11.8. The summed E-state index contributed by atoms with van der Waals surface area (Å²) in [6, 6.07) is 7.03. The van der Waals surface area contributed by atoms with Crippen molar-refractivity contribution in [2.24, 2.45) is 5.41 Å². The maximum absolute atomic E-state index is 12.6. The van der Waals surface area contributed by atoms with E-state index in [4.69, 9.17) is 9.84 Å². The standard InChI is InChI=1S/C19H24N2O5/c1-12-10-21(11-13(2)26-12)16(22)15-5-3-14(4-6-15)9-20-17(23)19(7-8-19)18(24)25/h3-6,12-13H,7-11H2,1-2H3,(H,20,23)(H,24,25). The minimum atomic E-state index is -1.24. The van der Waals surface area contributed by atoms with E-state index in [9.17, 15) is 14.4 Å². The Kier molecular flexibility index (Phi) is 5.00. The number of carboxylic acids is 1. The smallest absolute Gasteiger partial charge is 0.319 e. The molecule has 0 radical (unpaired) electrons. The number of hydrogen-bond acceptors (Lipinski definition) is 4. The summed E-state index contributed by atoms with van der Waals surface area (Å²) in [6.07, 6.45) is 0.804. The Labute approximate surface area is 152 Å². The molecule has 1 saturated carbocycles. The van der Waals surface area contributed by atoms with E-state index in [1.807, 2.05) is 13.8 Å². The first kappa shape index (κ1) is 18.4. The third kappa shape index (κ3) is 3.72. The molecule has 2 unspecified atom stereocenters. The van der Waals surface area contributed by atoms with Crippen LogP contribution in [0.2, 0.25) is 0 Å². The van der Waals surface area contributed by atoms with Crippen molar-refractivity contribution in [3.63, 3.8) is 0 Å². The summed E-state index contributed by atoms with van der Waals surface area (Å²) in [6.45, 7) is 5.28. The zero-order valence-electron chi connectivity index (χ0n) is 15.0. The lowest BCUT2D eigenvalue weighted by molar-refractivity contribution is -0.149. The quantitative estimate of drug-likeness (QED) is 0.774. The summed E-state index contributed by atoms with van der Waals surface area (Å²) >= 11 is 0. The summed E-state index contributed by atoms with van der Waals surface area (Å²) in [7, 11) is 0. The number of nitrogens with one attached hydrogen (secondary N) is 1. The topological polar surface area (TPSA) is 95.9 Å². The van der Waals surface area contributed by atoms with E-state index in [2.05, 4.69) is 5.32 Å². The summed E-state index contributed by atoms with van der Waals surface area (Å²) in [4.78, 5) is 37.6. The molecule has 140 valence electrons. The molecule has 7 heteroatoms. The van der Waals surface area contributed by atoms with Gasteiger partial charge in [0.15, 0.2) is 0 Å². The molecule has 2 amide bonds. The second-order valence-corrected chi connectivity index (χ2v) is 7.23. The van der Waals surface area contributed by atoms with Gasteiger partial charge in [-0.15, -0.1) is 0 Å². The highest BCUT2D eigenvalue weighted by Gasteiger charge is 2.56. The van der Waals surface area contributed by atoms with Crippen LogP contribution in [-0.4, -0.2) is 53.1 Å². The molecular formula is C19H24N2O5. The van der Waals surface area contributed by atoms with Crippen molar-refractivity contribution in [2.75, 3.05) is 13.1 Å². The van der Waals surface area contributed by atoms with E-state index in [0.717, 1.165) is 5.56 Å². The van der Waals surface area contributed by atoms with Crippen LogP contribution in [0.5, 0.6) is 0 Å². The van der Waals surface area contributed by atoms with Crippen LogP contribution in [0.3, 0.4) is 0 Å². The van der Waals surface area contributed by atoms with Gasteiger partial charge in [0, 0.05) is 25.2 Å². The highest BCUT2D eigenvalue weighted by Crippen LogP contribution is 2.46. The van der Waals surface area contributed by atoms with E-state index >= 15 is 0 Å². The number of ether oxygens (including phenoxy) is 1. The number of rotatable bonds is 5. The van der Waals surface area contributed by atoms with Crippen molar-refractivity contribution in [3.8, 4) is 0 Å². The molecule has 2 atom stereocenters. The average molecular weight is 360 g/mol. The third-order valence-corrected chi connectivity index (χ3v) is 4.95. The van der Waals surface area contributed by atoms with Crippen LogP contribution >= 0.6 is 0 Å². The van der Waals surface area contributed by atoms with Crippen molar-refractivity contribution < 1.29 is 24.2 Å². The minimum absolute atomic E-state index is 0.0150. The molecule has 3 rings (SSSR count). The average Bonchev–Trinajstić information content (AvgIpc) is 3.41. The fourth-order valence-corrected chi connectivity index (χ4v) is 3.31. The predicted octanol–water partition coefficient (Wildman–Crippen LogP) is 1.42. The molecular weight excluding hydrogens is 336 g/mol. The second kappa shape index (κ2) is 7.07. The third-order valence-electron chi connectivity index (χ3n) is 4.95. The number of hydrogen-bond donors (Lipinski definition) is 2. The number of morpholine rings is 1. The highest BCUT2D eigenvalue weighted by molar-refractivity contribution is 6.04. The number of amides is 2. The van der Waals surface area contributed by atoms with Gasteiger partial charge in [0.05, 0.1) is 12.2 Å². The molecule has 1 saturated heterocycles. The molecule has 1 aliphatic heterocycles. The Morgan fingerprint density at radius 3 is 2.23 bits per heavy atom. The number of carbonyl (C=O) groups is 3. The highest BCUT2D eigenvalue weighted by atomic mass is 16.5. The van der Waals surface area contributed by atoms with Gasteiger partial charge >= 0.3 is 5.97 Å². The number of benzene rings is 1. The lowest BCUT2D eigenvalue weighted by atomic mass is 10.1. The van der Waals surface area contributed by atoms with E-state index in [1.54, 1.807) is 29.2 Å². The molecule has 0 aromatic heterocycles. The first-order valence-electron chi connectivity index (χ1n) is 8.87. The van der Waals surface area contributed by atoms with Crippen molar-refractivity contribution in [1.29, 1.82) is 0 Å². The molecule has 1 heterocycles. The van der Waals surface area contributed by atoms with Gasteiger partial charge in [0.2, 0.25) is 5.91 Å². The summed E-state index contributed by atoms with van der Waals surface area (Å²) < 4.78 is 5.65. The Morgan fingerprint density at radius 1 is 1.15 bits per heavy atom. The Bertz CT molecular complexity index is 701. The van der Waals surface area contributed by atoms with Crippen molar-refractivity contribution in [3.05, 3.63) is 35.4 Å². The predicted molar refractivity (Wildman–Crippen MR) is 93.5 cm³/mol. The van der Waals surface area contributed by atoms with Crippen LogP contribution in [0.1, 0.15) is 42.6 Å². The molecule has 2 N–H and O–H groups in total. The van der Waals surface area contributed by atoms with Gasteiger partial charge in [-0.2, -0.15) is 0 Å². The summed E-state index contributed by atoms with van der Waals surface area (Å²) in [5.74, 6) is -1.54. The SMILES string of the molecule is CC1CN(C(=O)c2ccc(CNC(=O)C3(C(=O)O)CC3)cc2)CC(C)O1. The largest absolute Gasteiger partial charge is 0.480 e. The number of carbonyl (C=O) groups excluding carboxylic acids is 2. The number of aliphatic carboxylic acids is 1. The van der Waals surface area contributed by atoms with Gasteiger partial charge in [-0.1, -0.05) is 12.1 Å². The zero-order chi connectivity index (χ0) is 18.9. The van der Waals surface area contributed by atoms with E-state index in [-0.39, 0.29) is 24.7 Å². The fraction of sp³-hybridized carbons (Fsp3) is 0.526. The maximum atomic E-state index is 12.6. The molecule has 0 spiro atoms. The van der Waals surface area contributed by atoms with Crippen LogP contribution in [0.25, 0.3) is 0 Å². The van der Waals surface area contributed by atoms with Crippen LogP contribution in [-0.2, 0) is 20.9 Å².